The summed E-state index contributed by atoms with van der Waals surface area (Å²) in [5.74, 6) is -0.809. The summed E-state index contributed by atoms with van der Waals surface area (Å²) in [6.07, 6.45) is 57.2. The summed E-state index contributed by atoms with van der Waals surface area (Å²) in [5.41, 5.74) is 0. The molecule has 0 fully saturated rings. The number of nitrogens with zero attached hydrogens (tertiary/aromatic N) is 1. The van der Waals surface area contributed by atoms with E-state index in [0.29, 0.717) is 17.4 Å². The predicted octanol–water partition coefficient (Wildman–Crippen LogP) is 17.6. The molecule has 0 saturated carbocycles. The summed E-state index contributed by atoms with van der Waals surface area (Å²) >= 11 is 0. The molecule has 0 aliphatic rings. The number of hydrogen-bond donors (Lipinski definition) is 0. The molecule has 0 aromatic heterocycles. The maximum atomic E-state index is 12.8. The van der Waals surface area contributed by atoms with Crippen LogP contribution in [-0.4, -0.2) is 70.0 Å². The number of phosphoric ester groups is 1. The Bertz CT molecular complexity index is 1120. The second-order valence-corrected chi connectivity index (χ2v) is 23.1. The van der Waals surface area contributed by atoms with Gasteiger partial charge in [0.2, 0.25) is 0 Å². The van der Waals surface area contributed by atoms with Crippen LogP contribution >= 0.6 is 7.82 Å². The third-order valence-electron chi connectivity index (χ3n) is 13.6. The van der Waals surface area contributed by atoms with Crippen LogP contribution in [0.15, 0.2) is 0 Å². The zero-order valence-corrected chi connectivity index (χ0v) is 47.0. The number of quaternary nitrogens is 1. The van der Waals surface area contributed by atoms with Crippen molar-refractivity contribution < 1.29 is 42.1 Å². The maximum Gasteiger partial charge on any atom is 0.306 e. The average Bonchev–Trinajstić information content (AvgIpc) is 3.30. The largest absolute Gasteiger partial charge is 0.756 e. The van der Waals surface area contributed by atoms with Gasteiger partial charge >= 0.3 is 11.9 Å². The highest BCUT2D eigenvalue weighted by Gasteiger charge is 2.22. The van der Waals surface area contributed by atoms with Gasteiger partial charge in [0.15, 0.2) is 6.10 Å². The van der Waals surface area contributed by atoms with Gasteiger partial charge in [-0.3, -0.25) is 14.2 Å². The number of rotatable bonds is 56. The van der Waals surface area contributed by atoms with Crippen molar-refractivity contribution in [2.75, 3.05) is 47.5 Å². The van der Waals surface area contributed by atoms with E-state index in [1.165, 1.54) is 244 Å². The number of carbonyl (C=O) groups is 2. The standard InChI is InChI=1S/C58H116NO8P/c1-6-8-10-12-14-16-18-20-22-24-26-27-28-29-30-31-32-33-35-37-39-41-43-45-47-49-51-58(61)67-56(55-66-68(62,63)65-53-52-59(3,4)5)54-64-57(60)50-48-46-44-42-40-38-36-34-25-23-21-19-17-15-13-11-9-7-2/h56H,6-55H2,1-5H3. The molecule has 68 heavy (non-hydrogen) atoms. The Morgan fingerprint density at radius 2 is 0.662 bits per heavy atom. The Morgan fingerprint density at radius 3 is 0.941 bits per heavy atom. The zero-order chi connectivity index (χ0) is 49.9. The summed E-state index contributed by atoms with van der Waals surface area (Å²) in [6.45, 7) is 4.31. The molecule has 0 aromatic rings. The molecule has 0 radical (unpaired) electrons. The van der Waals surface area contributed by atoms with Crippen LogP contribution in [0.4, 0.5) is 0 Å². The van der Waals surface area contributed by atoms with Gasteiger partial charge in [-0.25, -0.2) is 0 Å². The Kier molecular flexibility index (Phi) is 50.2. The molecule has 10 heteroatoms. The monoisotopic (exact) mass is 986 g/mol. The molecule has 0 heterocycles. The molecule has 2 unspecified atom stereocenters. The number of likely N-dealkylation sites (N-methyl/N-ethyl adjacent to an activating group) is 1. The van der Waals surface area contributed by atoms with E-state index < -0.39 is 26.5 Å². The third kappa shape index (κ3) is 54.3. The number of unbranched alkanes of at least 4 members (excludes halogenated alkanes) is 42. The van der Waals surface area contributed by atoms with Crippen LogP contribution in [0.5, 0.6) is 0 Å². The number of esters is 2. The summed E-state index contributed by atoms with van der Waals surface area (Å²) in [7, 11) is 1.19. The first-order valence-electron chi connectivity index (χ1n) is 29.7. The molecule has 0 saturated heterocycles. The van der Waals surface area contributed by atoms with Crippen molar-refractivity contribution in [1.29, 1.82) is 0 Å². The predicted molar refractivity (Wildman–Crippen MR) is 287 cm³/mol. The SMILES string of the molecule is CCCCCCCCCCCCCCCCCCCCCCCCCCCCC(=O)OC(COC(=O)CCCCCCCCCCCCCCCCCCCC)COP(=O)([O-])OCC[N+](C)(C)C. The van der Waals surface area contributed by atoms with E-state index in [4.69, 9.17) is 18.5 Å². The topological polar surface area (TPSA) is 111 Å². The Balaban J connectivity index is 4.07. The van der Waals surface area contributed by atoms with Crippen molar-refractivity contribution in [3.63, 3.8) is 0 Å². The molecule has 2 atom stereocenters. The number of carbonyl (C=O) groups excluding carboxylic acids is 2. The van der Waals surface area contributed by atoms with Crippen molar-refractivity contribution in [2.45, 2.75) is 315 Å². The number of phosphoric acid groups is 1. The zero-order valence-electron chi connectivity index (χ0n) is 46.1. The van der Waals surface area contributed by atoms with Gasteiger partial charge in [-0.2, -0.15) is 0 Å². The van der Waals surface area contributed by atoms with Crippen molar-refractivity contribution >= 4 is 19.8 Å². The van der Waals surface area contributed by atoms with Crippen molar-refractivity contribution in [2.24, 2.45) is 0 Å². The molecule has 0 aliphatic carbocycles. The molecular weight excluding hydrogens is 870 g/mol. The molecule has 0 aromatic carbocycles. The second-order valence-electron chi connectivity index (χ2n) is 21.7. The fourth-order valence-electron chi connectivity index (χ4n) is 9.01. The number of hydrogen-bond acceptors (Lipinski definition) is 8. The van der Waals surface area contributed by atoms with E-state index >= 15 is 0 Å². The van der Waals surface area contributed by atoms with E-state index in [-0.39, 0.29) is 32.0 Å². The van der Waals surface area contributed by atoms with Crippen LogP contribution in [-0.2, 0) is 32.7 Å². The normalized spacial score (nSPS) is 13.2. The van der Waals surface area contributed by atoms with Gasteiger partial charge in [0.25, 0.3) is 7.82 Å². The summed E-state index contributed by atoms with van der Waals surface area (Å²) in [6, 6.07) is 0. The van der Waals surface area contributed by atoms with E-state index in [2.05, 4.69) is 13.8 Å². The smallest absolute Gasteiger partial charge is 0.306 e. The molecule has 0 spiro atoms. The molecular formula is C58H116NO8P. The molecule has 406 valence electrons. The van der Waals surface area contributed by atoms with Gasteiger partial charge in [0, 0.05) is 12.8 Å². The van der Waals surface area contributed by atoms with Gasteiger partial charge in [-0.05, 0) is 12.8 Å². The van der Waals surface area contributed by atoms with Gasteiger partial charge < -0.3 is 27.9 Å². The minimum Gasteiger partial charge on any atom is -0.756 e. The highest BCUT2D eigenvalue weighted by molar-refractivity contribution is 7.45. The fraction of sp³-hybridized carbons (Fsp3) is 0.966. The van der Waals surface area contributed by atoms with Crippen molar-refractivity contribution in [3.8, 4) is 0 Å². The van der Waals surface area contributed by atoms with E-state index in [9.17, 15) is 19.0 Å². The lowest BCUT2D eigenvalue weighted by Gasteiger charge is -2.28. The Labute approximate surface area is 423 Å². The molecule has 9 nitrogen and oxygen atoms in total. The minimum absolute atomic E-state index is 0.0251. The van der Waals surface area contributed by atoms with Crippen LogP contribution in [0.25, 0.3) is 0 Å². The van der Waals surface area contributed by atoms with Crippen LogP contribution < -0.4 is 4.89 Å². The maximum absolute atomic E-state index is 12.8. The summed E-state index contributed by atoms with van der Waals surface area (Å²) in [5, 5.41) is 0. The third-order valence-corrected chi connectivity index (χ3v) is 14.6. The first-order valence-corrected chi connectivity index (χ1v) is 31.2. The van der Waals surface area contributed by atoms with E-state index in [1.54, 1.807) is 0 Å². The highest BCUT2D eigenvalue weighted by atomic mass is 31.2. The lowest BCUT2D eigenvalue weighted by molar-refractivity contribution is -0.870. The minimum atomic E-state index is -4.63. The molecule has 0 rings (SSSR count). The van der Waals surface area contributed by atoms with Gasteiger partial charge in [0.05, 0.1) is 27.7 Å². The second kappa shape index (κ2) is 50.9. The van der Waals surface area contributed by atoms with Crippen molar-refractivity contribution in [1.82, 2.24) is 0 Å². The Hall–Kier alpha value is -0.990. The molecule has 0 aliphatic heterocycles. The van der Waals surface area contributed by atoms with E-state index in [1.807, 2.05) is 21.1 Å². The van der Waals surface area contributed by atoms with Gasteiger partial charge in [-0.1, -0.05) is 284 Å². The number of ether oxygens (including phenoxy) is 2. The fourth-order valence-corrected chi connectivity index (χ4v) is 9.74. The lowest BCUT2D eigenvalue weighted by Crippen LogP contribution is -2.37. The summed E-state index contributed by atoms with van der Waals surface area (Å²) in [4.78, 5) is 37.9. The van der Waals surface area contributed by atoms with Crippen LogP contribution in [0.1, 0.15) is 309 Å². The average molecular weight is 987 g/mol. The van der Waals surface area contributed by atoms with Crippen LogP contribution in [0.3, 0.4) is 0 Å². The van der Waals surface area contributed by atoms with E-state index in [0.717, 1.165) is 32.1 Å². The van der Waals surface area contributed by atoms with Crippen molar-refractivity contribution in [3.05, 3.63) is 0 Å². The molecule has 0 amide bonds. The molecule has 0 bridgehead atoms. The summed E-state index contributed by atoms with van der Waals surface area (Å²) < 4.78 is 34.2. The van der Waals surface area contributed by atoms with Gasteiger partial charge in [-0.15, -0.1) is 0 Å². The Morgan fingerprint density at radius 1 is 0.397 bits per heavy atom. The van der Waals surface area contributed by atoms with Crippen LogP contribution in [0, 0.1) is 0 Å². The first-order chi connectivity index (χ1) is 33.0. The highest BCUT2D eigenvalue weighted by Crippen LogP contribution is 2.38. The lowest BCUT2D eigenvalue weighted by atomic mass is 10.0. The van der Waals surface area contributed by atoms with Gasteiger partial charge in [0.1, 0.15) is 19.8 Å². The molecule has 0 N–H and O–H groups in total. The first kappa shape index (κ1) is 67.0. The van der Waals surface area contributed by atoms with Crippen LogP contribution in [0.2, 0.25) is 0 Å². The quantitative estimate of drug-likeness (QED) is 0.0256.